The zero-order valence-corrected chi connectivity index (χ0v) is 43.4. The predicted octanol–water partition coefficient (Wildman–Crippen LogP) is 15.8. The average molecular weight is 894 g/mol. The molecular weight excluding hydrogens is 781 g/mol. The van der Waals surface area contributed by atoms with Crippen LogP contribution >= 0.6 is 0 Å². The first-order valence-electron chi connectivity index (χ1n) is 28.2. The number of nitrogens with zero attached hydrogens (tertiary/aromatic N) is 2. The Balaban J connectivity index is 4.81. The summed E-state index contributed by atoms with van der Waals surface area (Å²) in [6, 6.07) is 0. The van der Waals surface area contributed by atoms with Crippen LogP contribution in [0, 0.1) is 11.8 Å². The largest absolute Gasteiger partial charge is 0.465 e. The molecule has 0 aliphatic heterocycles. The van der Waals surface area contributed by atoms with Gasteiger partial charge in [0, 0.05) is 32.5 Å². The number of aliphatic hydroxyl groups excluding tert-OH is 1. The summed E-state index contributed by atoms with van der Waals surface area (Å²) < 4.78 is 11.8. The van der Waals surface area contributed by atoms with Gasteiger partial charge in [-0.05, 0) is 103 Å². The van der Waals surface area contributed by atoms with E-state index >= 15 is 0 Å². The Labute approximate surface area is 394 Å². The third-order valence-corrected chi connectivity index (χ3v) is 13.5. The molecule has 2 unspecified atom stereocenters. The highest BCUT2D eigenvalue weighted by Crippen LogP contribution is 2.22. The van der Waals surface area contributed by atoms with Gasteiger partial charge >= 0.3 is 11.9 Å². The number of hydrogen-bond acceptors (Lipinski definition) is 7. The van der Waals surface area contributed by atoms with Gasteiger partial charge in [0.15, 0.2) is 0 Å². The summed E-state index contributed by atoms with van der Waals surface area (Å²) >= 11 is 0. The van der Waals surface area contributed by atoms with Crippen LogP contribution < -0.4 is 0 Å². The molecule has 0 aromatic heterocycles. The van der Waals surface area contributed by atoms with Crippen molar-refractivity contribution in [1.29, 1.82) is 0 Å². The summed E-state index contributed by atoms with van der Waals surface area (Å²) in [6.07, 6.45) is 46.6. The van der Waals surface area contributed by atoms with Gasteiger partial charge in [0.25, 0.3) is 0 Å². The van der Waals surface area contributed by atoms with Crippen LogP contribution in [0.2, 0.25) is 0 Å². The van der Waals surface area contributed by atoms with Crippen molar-refractivity contribution >= 4 is 11.9 Å². The SMILES string of the molecule is CCCCCCCCC(CCCCCC)COC(=O)CCCCCN(CCCCCC(=O)OCC(CCCCCC)CCCCCCCC)CCN(C)CCCCCCCCCO. The maximum atomic E-state index is 12.8. The van der Waals surface area contributed by atoms with E-state index in [0.717, 1.165) is 84.1 Å². The van der Waals surface area contributed by atoms with Crippen molar-refractivity contribution in [3.8, 4) is 0 Å². The summed E-state index contributed by atoms with van der Waals surface area (Å²) in [5, 5.41) is 9.01. The van der Waals surface area contributed by atoms with E-state index in [-0.39, 0.29) is 11.9 Å². The quantitative estimate of drug-likeness (QED) is 0.0481. The Bertz CT molecular complexity index is 875. The van der Waals surface area contributed by atoms with Crippen LogP contribution in [0.15, 0.2) is 0 Å². The maximum Gasteiger partial charge on any atom is 0.305 e. The number of esters is 2. The fourth-order valence-electron chi connectivity index (χ4n) is 9.03. The summed E-state index contributed by atoms with van der Waals surface area (Å²) in [5.74, 6) is 1.04. The van der Waals surface area contributed by atoms with E-state index in [9.17, 15) is 9.59 Å². The average Bonchev–Trinajstić information content (AvgIpc) is 3.28. The van der Waals surface area contributed by atoms with E-state index in [1.165, 1.54) is 186 Å². The van der Waals surface area contributed by atoms with Crippen LogP contribution in [0.3, 0.4) is 0 Å². The molecule has 0 aliphatic carbocycles. The minimum Gasteiger partial charge on any atom is -0.465 e. The number of likely N-dealkylation sites (N-methyl/N-ethyl adjacent to an activating group) is 1. The summed E-state index contributed by atoms with van der Waals surface area (Å²) in [7, 11) is 2.27. The van der Waals surface area contributed by atoms with Crippen LogP contribution in [0.25, 0.3) is 0 Å². The molecule has 2 atom stereocenters. The molecule has 0 aliphatic rings. The molecule has 7 nitrogen and oxygen atoms in total. The molecule has 0 radical (unpaired) electrons. The van der Waals surface area contributed by atoms with Gasteiger partial charge < -0.3 is 24.4 Å². The molecule has 0 saturated carbocycles. The first-order chi connectivity index (χ1) is 30.9. The monoisotopic (exact) mass is 893 g/mol. The van der Waals surface area contributed by atoms with Gasteiger partial charge in [0.2, 0.25) is 0 Å². The standard InChI is InChI=1S/C56H112N2O5/c1-6-10-14-18-23-31-41-53(39-29-16-12-8-3)51-62-55(60)43-33-27-36-46-58(49-48-57(5)45-35-25-21-20-22-26-38-50-59)47-37-28-34-44-56(61)63-52-54(40-30-17-13-9-4)42-32-24-19-15-11-7-2/h53-54,59H,6-52H2,1-5H3. The van der Waals surface area contributed by atoms with E-state index < -0.39 is 0 Å². The van der Waals surface area contributed by atoms with Crippen LogP contribution in [0.5, 0.6) is 0 Å². The van der Waals surface area contributed by atoms with Gasteiger partial charge in [-0.15, -0.1) is 0 Å². The van der Waals surface area contributed by atoms with Crippen molar-refractivity contribution in [2.75, 3.05) is 59.6 Å². The van der Waals surface area contributed by atoms with Gasteiger partial charge in [-0.25, -0.2) is 0 Å². The summed E-state index contributed by atoms with van der Waals surface area (Å²) in [4.78, 5) is 30.8. The molecule has 0 bridgehead atoms. The molecule has 0 heterocycles. The van der Waals surface area contributed by atoms with E-state index in [1.807, 2.05) is 0 Å². The lowest BCUT2D eigenvalue weighted by Gasteiger charge is -2.25. The minimum absolute atomic E-state index is 0.000953. The number of carbonyl (C=O) groups excluding carboxylic acids is 2. The van der Waals surface area contributed by atoms with Gasteiger partial charge in [0.1, 0.15) is 0 Å². The lowest BCUT2D eigenvalue weighted by atomic mass is 9.95. The van der Waals surface area contributed by atoms with Crippen molar-refractivity contribution in [2.45, 2.75) is 278 Å². The fraction of sp³-hybridized carbons (Fsp3) is 0.964. The number of unbranched alkanes of at least 4 members (excludes halogenated alkanes) is 26. The van der Waals surface area contributed by atoms with Crippen molar-refractivity contribution in [1.82, 2.24) is 9.80 Å². The molecule has 0 spiro atoms. The highest BCUT2D eigenvalue weighted by atomic mass is 16.5. The molecule has 7 heteroatoms. The Morgan fingerprint density at radius 3 is 1.10 bits per heavy atom. The first kappa shape index (κ1) is 61.8. The molecule has 1 N–H and O–H groups in total. The van der Waals surface area contributed by atoms with Crippen LogP contribution in [-0.4, -0.2) is 86.4 Å². The van der Waals surface area contributed by atoms with Gasteiger partial charge in [-0.1, -0.05) is 201 Å². The number of hydrogen-bond donors (Lipinski definition) is 1. The molecule has 0 rings (SSSR count). The molecule has 0 fully saturated rings. The summed E-state index contributed by atoms with van der Waals surface area (Å²) in [5.41, 5.74) is 0. The Kier molecular flexibility index (Phi) is 49.3. The molecular formula is C56H112N2O5. The Morgan fingerprint density at radius 2 is 0.698 bits per heavy atom. The molecule has 63 heavy (non-hydrogen) atoms. The van der Waals surface area contributed by atoms with Crippen LogP contribution in [0.1, 0.15) is 278 Å². The molecule has 0 saturated heterocycles. The van der Waals surface area contributed by atoms with E-state index in [2.05, 4.69) is 44.5 Å². The zero-order valence-electron chi connectivity index (χ0n) is 43.4. The Hall–Kier alpha value is -1.18. The third-order valence-electron chi connectivity index (χ3n) is 13.5. The van der Waals surface area contributed by atoms with E-state index in [1.54, 1.807) is 0 Å². The second kappa shape index (κ2) is 50.2. The lowest BCUT2D eigenvalue weighted by Crippen LogP contribution is -2.35. The molecule has 376 valence electrons. The van der Waals surface area contributed by atoms with Gasteiger partial charge in [0.05, 0.1) is 13.2 Å². The normalized spacial score (nSPS) is 12.7. The number of rotatable bonds is 52. The highest BCUT2D eigenvalue weighted by Gasteiger charge is 2.15. The minimum atomic E-state index is -0.000953. The van der Waals surface area contributed by atoms with Crippen LogP contribution in [-0.2, 0) is 19.1 Å². The van der Waals surface area contributed by atoms with Crippen LogP contribution in [0.4, 0.5) is 0 Å². The first-order valence-corrected chi connectivity index (χ1v) is 28.2. The highest BCUT2D eigenvalue weighted by molar-refractivity contribution is 5.69. The predicted molar refractivity (Wildman–Crippen MR) is 273 cm³/mol. The lowest BCUT2D eigenvalue weighted by molar-refractivity contribution is -0.146. The second-order valence-corrected chi connectivity index (χ2v) is 19.9. The number of carbonyl (C=O) groups is 2. The molecule has 0 aromatic carbocycles. The topological polar surface area (TPSA) is 79.3 Å². The van der Waals surface area contributed by atoms with E-state index in [4.69, 9.17) is 14.6 Å². The molecule has 0 amide bonds. The number of ether oxygens (including phenoxy) is 2. The smallest absolute Gasteiger partial charge is 0.305 e. The van der Waals surface area contributed by atoms with Crippen molar-refractivity contribution < 1.29 is 24.2 Å². The zero-order chi connectivity index (χ0) is 46.1. The van der Waals surface area contributed by atoms with Crippen molar-refractivity contribution in [3.63, 3.8) is 0 Å². The fourth-order valence-corrected chi connectivity index (χ4v) is 9.03. The summed E-state index contributed by atoms with van der Waals surface area (Å²) in [6.45, 7) is 16.1. The maximum absolute atomic E-state index is 12.8. The number of aliphatic hydroxyl groups is 1. The molecule has 0 aromatic rings. The van der Waals surface area contributed by atoms with Crippen molar-refractivity contribution in [3.05, 3.63) is 0 Å². The van der Waals surface area contributed by atoms with Gasteiger partial charge in [-0.3, -0.25) is 9.59 Å². The van der Waals surface area contributed by atoms with Crippen molar-refractivity contribution in [2.24, 2.45) is 11.8 Å². The third kappa shape index (κ3) is 45.7. The van der Waals surface area contributed by atoms with E-state index in [0.29, 0.717) is 44.5 Å². The van der Waals surface area contributed by atoms with Gasteiger partial charge in [-0.2, -0.15) is 0 Å². The Morgan fingerprint density at radius 1 is 0.381 bits per heavy atom. The second-order valence-electron chi connectivity index (χ2n) is 19.9.